The third-order valence-corrected chi connectivity index (χ3v) is 1.44. The highest BCUT2D eigenvalue weighted by Crippen LogP contribution is 1.98. The van der Waals surface area contributed by atoms with E-state index < -0.39 is 0 Å². The Morgan fingerprint density at radius 2 is 1.92 bits per heavy atom. The van der Waals surface area contributed by atoms with Crippen molar-refractivity contribution in [3.05, 3.63) is 24.8 Å². The summed E-state index contributed by atoms with van der Waals surface area (Å²) in [6.45, 7) is 11.2. The molecule has 0 radical (unpaired) electrons. The van der Waals surface area contributed by atoms with Crippen LogP contribution in [0.25, 0.3) is 0 Å². The second-order valence-corrected chi connectivity index (χ2v) is 3.96. The van der Waals surface area contributed by atoms with Crippen molar-refractivity contribution in [2.24, 2.45) is 0 Å². The maximum Gasteiger partial charge on any atom is 0.00966 e. The zero-order valence-corrected chi connectivity index (χ0v) is 8.56. The summed E-state index contributed by atoms with van der Waals surface area (Å²) in [6.07, 6.45) is 8.34. The topological polar surface area (TPSA) is 12.0 Å². The van der Waals surface area contributed by atoms with Crippen LogP contribution in [0.1, 0.15) is 33.6 Å². The third-order valence-electron chi connectivity index (χ3n) is 1.44. The van der Waals surface area contributed by atoms with Crippen LogP contribution >= 0.6 is 0 Å². The second-order valence-electron chi connectivity index (χ2n) is 3.96. The standard InChI is InChI=1S/C11H21N/c1-5-6-7-8-9-10-12-11(2,3)4/h5,7-8,12H,1,6,9-10H2,2-4H3. The Morgan fingerprint density at radius 1 is 1.25 bits per heavy atom. The number of hydrogen-bond acceptors (Lipinski definition) is 1. The molecule has 0 aliphatic carbocycles. The lowest BCUT2D eigenvalue weighted by atomic mass is 10.1. The van der Waals surface area contributed by atoms with Gasteiger partial charge in [0, 0.05) is 5.54 Å². The molecule has 1 nitrogen and oxygen atoms in total. The highest BCUT2D eigenvalue weighted by atomic mass is 14.9. The fourth-order valence-electron chi connectivity index (χ4n) is 0.841. The SMILES string of the molecule is C=CCC=CCCNC(C)(C)C. The lowest BCUT2D eigenvalue weighted by molar-refractivity contribution is 0.431. The van der Waals surface area contributed by atoms with Gasteiger partial charge in [-0.15, -0.1) is 6.58 Å². The normalized spacial score (nSPS) is 12.2. The van der Waals surface area contributed by atoms with E-state index in [4.69, 9.17) is 0 Å². The van der Waals surface area contributed by atoms with Crippen molar-refractivity contribution in [2.45, 2.75) is 39.2 Å². The van der Waals surface area contributed by atoms with Gasteiger partial charge < -0.3 is 5.32 Å². The van der Waals surface area contributed by atoms with E-state index in [1.165, 1.54) is 0 Å². The molecule has 0 fully saturated rings. The van der Waals surface area contributed by atoms with Gasteiger partial charge in [-0.3, -0.25) is 0 Å². The number of allylic oxidation sites excluding steroid dienone is 2. The minimum Gasteiger partial charge on any atom is -0.312 e. The van der Waals surface area contributed by atoms with E-state index in [9.17, 15) is 0 Å². The molecule has 12 heavy (non-hydrogen) atoms. The largest absolute Gasteiger partial charge is 0.312 e. The predicted molar refractivity (Wildman–Crippen MR) is 56.3 cm³/mol. The number of nitrogens with one attached hydrogen (secondary N) is 1. The fourth-order valence-corrected chi connectivity index (χ4v) is 0.841. The maximum atomic E-state index is 3.65. The molecule has 0 atom stereocenters. The van der Waals surface area contributed by atoms with E-state index in [2.05, 4.69) is 44.8 Å². The Hall–Kier alpha value is -0.560. The van der Waals surface area contributed by atoms with E-state index in [0.29, 0.717) is 0 Å². The lowest BCUT2D eigenvalue weighted by Gasteiger charge is -2.19. The summed E-state index contributed by atoms with van der Waals surface area (Å²) in [5.74, 6) is 0. The highest BCUT2D eigenvalue weighted by Gasteiger charge is 2.05. The van der Waals surface area contributed by atoms with Gasteiger partial charge in [0.2, 0.25) is 0 Å². The molecule has 70 valence electrons. The zero-order chi connectivity index (χ0) is 9.45. The van der Waals surface area contributed by atoms with Crippen LogP contribution in [0.2, 0.25) is 0 Å². The van der Waals surface area contributed by atoms with Gasteiger partial charge in [-0.05, 0) is 40.2 Å². The molecular formula is C11H21N. The minimum atomic E-state index is 0.242. The molecule has 0 amide bonds. The molecule has 0 aliphatic heterocycles. The molecule has 0 aromatic heterocycles. The molecule has 0 aromatic rings. The first-order valence-corrected chi connectivity index (χ1v) is 4.57. The van der Waals surface area contributed by atoms with Crippen LogP contribution in [0, 0.1) is 0 Å². The van der Waals surface area contributed by atoms with Crippen LogP contribution in [0.4, 0.5) is 0 Å². The maximum absolute atomic E-state index is 3.65. The number of hydrogen-bond donors (Lipinski definition) is 1. The lowest BCUT2D eigenvalue weighted by Crippen LogP contribution is -2.36. The molecule has 0 aliphatic rings. The van der Waals surface area contributed by atoms with Gasteiger partial charge in [-0.25, -0.2) is 0 Å². The van der Waals surface area contributed by atoms with Crippen molar-refractivity contribution < 1.29 is 0 Å². The van der Waals surface area contributed by atoms with Gasteiger partial charge in [-0.1, -0.05) is 18.2 Å². The van der Waals surface area contributed by atoms with Gasteiger partial charge >= 0.3 is 0 Å². The third kappa shape index (κ3) is 9.44. The summed E-state index contributed by atoms with van der Waals surface area (Å²) < 4.78 is 0. The Kier molecular flexibility index (Phi) is 5.73. The molecule has 0 saturated heterocycles. The Bertz CT molecular complexity index is 140. The molecule has 1 heteroatoms. The fraction of sp³-hybridized carbons (Fsp3) is 0.636. The molecule has 0 spiro atoms. The van der Waals surface area contributed by atoms with Gasteiger partial charge in [0.05, 0.1) is 0 Å². The van der Waals surface area contributed by atoms with Gasteiger partial charge in [0.1, 0.15) is 0 Å². The monoisotopic (exact) mass is 167 g/mol. The molecule has 0 heterocycles. The van der Waals surface area contributed by atoms with Crippen molar-refractivity contribution in [1.82, 2.24) is 5.32 Å². The highest BCUT2D eigenvalue weighted by molar-refractivity contribution is 4.89. The first-order valence-electron chi connectivity index (χ1n) is 4.57. The van der Waals surface area contributed by atoms with Crippen molar-refractivity contribution >= 4 is 0 Å². The van der Waals surface area contributed by atoms with Crippen molar-refractivity contribution in [1.29, 1.82) is 0 Å². The molecule has 0 saturated carbocycles. The van der Waals surface area contributed by atoms with Crippen molar-refractivity contribution in [2.75, 3.05) is 6.54 Å². The van der Waals surface area contributed by atoms with E-state index in [-0.39, 0.29) is 5.54 Å². The van der Waals surface area contributed by atoms with Crippen LogP contribution in [-0.4, -0.2) is 12.1 Å². The molecule has 0 unspecified atom stereocenters. The quantitative estimate of drug-likeness (QED) is 0.490. The Balaban J connectivity index is 3.27. The molecule has 0 aromatic carbocycles. The Labute approximate surface area is 76.6 Å². The molecular weight excluding hydrogens is 146 g/mol. The molecule has 1 N–H and O–H groups in total. The van der Waals surface area contributed by atoms with Crippen LogP contribution in [-0.2, 0) is 0 Å². The predicted octanol–water partition coefficient (Wildman–Crippen LogP) is 2.90. The molecule has 0 rings (SSSR count). The summed E-state index contributed by atoms with van der Waals surface area (Å²) in [4.78, 5) is 0. The van der Waals surface area contributed by atoms with Crippen LogP contribution in [0.5, 0.6) is 0 Å². The summed E-state index contributed by atoms with van der Waals surface area (Å²) >= 11 is 0. The van der Waals surface area contributed by atoms with Gasteiger partial charge in [0.15, 0.2) is 0 Å². The Morgan fingerprint density at radius 3 is 2.42 bits per heavy atom. The van der Waals surface area contributed by atoms with E-state index >= 15 is 0 Å². The van der Waals surface area contributed by atoms with E-state index in [0.717, 1.165) is 19.4 Å². The average Bonchev–Trinajstić information content (AvgIpc) is 1.94. The van der Waals surface area contributed by atoms with Gasteiger partial charge in [0.25, 0.3) is 0 Å². The van der Waals surface area contributed by atoms with E-state index in [1.807, 2.05) is 6.08 Å². The first kappa shape index (κ1) is 11.4. The average molecular weight is 167 g/mol. The van der Waals surface area contributed by atoms with Crippen LogP contribution in [0.3, 0.4) is 0 Å². The summed E-state index contributed by atoms with van der Waals surface area (Å²) in [5, 5.41) is 3.42. The zero-order valence-electron chi connectivity index (χ0n) is 8.56. The minimum absolute atomic E-state index is 0.242. The van der Waals surface area contributed by atoms with Crippen LogP contribution < -0.4 is 5.32 Å². The van der Waals surface area contributed by atoms with Crippen molar-refractivity contribution in [3.8, 4) is 0 Å². The van der Waals surface area contributed by atoms with Gasteiger partial charge in [-0.2, -0.15) is 0 Å². The smallest absolute Gasteiger partial charge is 0.00966 e. The molecule has 0 bridgehead atoms. The number of rotatable bonds is 5. The van der Waals surface area contributed by atoms with Crippen molar-refractivity contribution in [3.63, 3.8) is 0 Å². The van der Waals surface area contributed by atoms with E-state index in [1.54, 1.807) is 0 Å². The summed E-state index contributed by atoms with van der Waals surface area (Å²) in [6, 6.07) is 0. The first-order chi connectivity index (χ1) is 5.56. The second kappa shape index (κ2) is 6.01. The summed E-state index contributed by atoms with van der Waals surface area (Å²) in [7, 11) is 0. The summed E-state index contributed by atoms with van der Waals surface area (Å²) in [5.41, 5.74) is 0.242. The van der Waals surface area contributed by atoms with Crippen LogP contribution in [0.15, 0.2) is 24.8 Å².